The standard InChI is InChI=1S/C19H16N4O2S/c20-14-6-3-5-12(10-14)16(17(24)22-19-21-8-9-26-19)23-11-13-4-1-2-7-15(13)18(23)25/h1-10,16H,11,20H2,(H,21,22,24). The number of nitrogens with zero attached hydrogens (tertiary/aromatic N) is 2. The van der Waals surface area contributed by atoms with Crippen molar-refractivity contribution in [1.82, 2.24) is 9.88 Å². The third kappa shape index (κ3) is 2.93. The topological polar surface area (TPSA) is 88.3 Å². The van der Waals surface area contributed by atoms with Gasteiger partial charge in [-0.25, -0.2) is 4.98 Å². The maximum absolute atomic E-state index is 13.0. The van der Waals surface area contributed by atoms with Crippen LogP contribution in [0.25, 0.3) is 0 Å². The second-order valence-corrected chi connectivity index (χ2v) is 6.88. The number of nitrogen functional groups attached to an aromatic ring is 1. The summed E-state index contributed by atoms with van der Waals surface area (Å²) in [6.07, 6.45) is 1.62. The van der Waals surface area contributed by atoms with E-state index in [0.29, 0.717) is 28.5 Å². The van der Waals surface area contributed by atoms with Gasteiger partial charge in [-0.15, -0.1) is 11.3 Å². The van der Waals surface area contributed by atoms with Crippen LogP contribution in [0.15, 0.2) is 60.1 Å². The Morgan fingerprint density at radius 2 is 2.08 bits per heavy atom. The van der Waals surface area contributed by atoms with E-state index in [1.165, 1.54) is 11.3 Å². The van der Waals surface area contributed by atoms with Gasteiger partial charge in [-0.2, -0.15) is 0 Å². The maximum atomic E-state index is 13.0. The highest BCUT2D eigenvalue weighted by molar-refractivity contribution is 7.13. The smallest absolute Gasteiger partial charge is 0.255 e. The predicted octanol–water partition coefficient (Wildman–Crippen LogP) is 3.06. The number of amides is 2. The zero-order chi connectivity index (χ0) is 18.1. The van der Waals surface area contributed by atoms with Crippen LogP contribution in [0.4, 0.5) is 10.8 Å². The lowest BCUT2D eigenvalue weighted by Crippen LogP contribution is -2.37. The van der Waals surface area contributed by atoms with Gasteiger partial charge in [0, 0.05) is 29.4 Å². The summed E-state index contributed by atoms with van der Waals surface area (Å²) in [7, 11) is 0. The van der Waals surface area contributed by atoms with E-state index >= 15 is 0 Å². The lowest BCUT2D eigenvalue weighted by Gasteiger charge is -2.27. The van der Waals surface area contributed by atoms with Crippen LogP contribution < -0.4 is 11.1 Å². The third-order valence-electron chi connectivity index (χ3n) is 4.30. The molecule has 3 N–H and O–H groups in total. The zero-order valence-corrected chi connectivity index (χ0v) is 14.6. The molecule has 130 valence electrons. The Labute approximate surface area is 154 Å². The van der Waals surface area contributed by atoms with Crippen molar-refractivity contribution in [2.24, 2.45) is 0 Å². The van der Waals surface area contributed by atoms with Gasteiger partial charge in [0.15, 0.2) is 5.13 Å². The minimum Gasteiger partial charge on any atom is -0.399 e. The molecule has 0 aliphatic carbocycles. The molecule has 2 aromatic carbocycles. The first-order valence-electron chi connectivity index (χ1n) is 8.08. The summed E-state index contributed by atoms with van der Waals surface area (Å²) in [5, 5.41) is 5.07. The van der Waals surface area contributed by atoms with Gasteiger partial charge in [-0.3, -0.25) is 14.9 Å². The van der Waals surface area contributed by atoms with Crippen LogP contribution in [0.3, 0.4) is 0 Å². The second-order valence-electron chi connectivity index (χ2n) is 5.99. The fraction of sp³-hybridized carbons (Fsp3) is 0.105. The van der Waals surface area contributed by atoms with Crippen molar-refractivity contribution in [2.75, 3.05) is 11.1 Å². The third-order valence-corrected chi connectivity index (χ3v) is 4.99. The van der Waals surface area contributed by atoms with Crippen LogP contribution in [-0.2, 0) is 11.3 Å². The van der Waals surface area contributed by atoms with Crippen molar-refractivity contribution in [2.45, 2.75) is 12.6 Å². The molecule has 1 aliphatic heterocycles. The molecular weight excluding hydrogens is 348 g/mol. The Bertz CT molecular complexity index is 971. The van der Waals surface area contributed by atoms with Crippen molar-refractivity contribution < 1.29 is 9.59 Å². The lowest BCUT2D eigenvalue weighted by molar-refractivity contribution is -0.120. The maximum Gasteiger partial charge on any atom is 0.255 e. The molecule has 0 spiro atoms. The van der Waals surface area contributed by atoms with Crippen molar-refractivity contribution in [3.63, 3.8) is 0 Å². The van der Waals surface area contributed by atoms with Crippen molar-refractivity contribution in [3.05, 3.63) is 76.8 Å². The van der Waals surface area contributed by atoms with E-state index in [-0.39, 0.29) is 11.8 Å². The molecule has 0 fully saturated rings. The van der Waals surface area contributed by atoms with Crippen LogP contribution in [0.1, 0.15) is 27.5 Å². The summed E-state index contributed by atoms with van der Waals surface area (Å²) in [6, 6.07) is 13.7. The zero-order valence-electron chi connectivity index (χ0n) is 13.8. The summed E-state index contributed by atoms with van der Waals surface area (Å²) < 4.78 is 0. The second kappa shape index (κ2) is 6.61. The van der Waals surface area contributed by atoms with Gasteiger partial charge in [-0.1, -0.05) is 30.3 Å². The van der Waals surface area contributed by atoms with E-state index in [1.54, 1.807) is 46.8 Å². The molecule has 0 saturated heterocycles. The number of thiazole rings is 1. The van der Waals surface area contributed by atoms with Gasteiger partial charge in [0.2, 0.25) is 0 Å². The fourth-order valence-electron chi connectivity index (χ4n) is 3.15. The SMILES string of the molecule is Nc1cccc(C(C(=O)Nc2nccs2)N2Cc3ccccc3C2=O)c1. The molecule has 2 amide bonds. The molecular formula is C19H16N4O2S. The normalized spacial score (nSPS) is 14.2. The van der Waals surface area contributed by atoms with Crippen LogP contribution >= 0.6 is 11.3 Å². The van der Waals surface area contributed by atoms with Crippen molar-refractivity contribution in [1.29, 1.82) is 0 Å². The number of benzene rings is 2. The summed E-state index contributed by atoms with van der Waals surface area (Å²) in [5.41, 5.74) is 8.65. The number of carbonyl (C=O) groups is 2. The molecule has 26 heavy (non-hydrogen) atoms. The van der Waals surface area contributed by atoms with E-state index in [2.05, 4.69) is 10.3 Å². The number of aromatic nitrogens is 1. The van der Waals surface area contributed by atoms with E-state index < -0.39 is 6.04 Å². The van der Waals surface area contributed by atoms with Gasteiger partial charge in [0.25, 0.3) is 11.8 Å². The molecule has 0 radical (unpaired) electrons. The quantitative estimate of drug-likeness (QED) is 0.697. The molecule has 3 aromatic rings. The molecule has 6 nitrogen and oxygen atoms in total. The average molecular weight is 364 g/mol. The highest BCUT2D eigenvalue weighted by Gasteiger charge is 2.37. The lowest BCUT2D eigenvalue weighted by atomic mass is 10.0. The van der Waals surface area contributed by atoms with E-state index in [4.69, 9.17) is 5.73 Å². The summed E-state index contributed by atoms with van der Waals surface area (Å²) >= 11 is 1.33. The molecule has 4 rings (SSSR count). The first-order chi connectivity index (χ1) is 12.6. The van der Waals surface area contributed by atoms with Crippen LogP contribution in [-0.4, -0.2) is 21.7 Å². The number of fused-ring (bicyclic) bond motifs is 1. The van der Waals surface area contributed by atoms with Gasteiger partial charge in [0.1, 0.15) is 6.04 Å². The fourth-order valence-corrected chi connectivity index (χ4v) is 3.68. The molecule has 0 saturated carbocycles. The van der Waals surface area contributed by atoms with E-state index in [1.807, 2.05) is 18.2 Å². The number of nitrogens with two attached hydrogens (primary N) is 1. The molecule has 0 bridgehead atoms. The van der Waals surface area contributed by atoms with Crippen molar-refractivity contribution >= 4 is 34.0 Å². The minimum absolute atomic E-state index is 0.165. The Balaban J connectivity index is 1.72. The first-order valence-corrected chi connectivity index (χ1v) is 8.96. The summed E-state index contributed by atoms with van der Waals surface area (Å²) in [4.78, 5) is 31.6. The minimum atomic E-state index is -0.790. The molecule has 1 aromatic heterocycles. The largest absolute Gasteiger partial charge is 0.399 e. The molecule has 7 heteroatoms. The summed E-state index contributed by atoms with van der Waals surface area (Å²) in [5.74, 6) is -0.478. The van der Waals surface area contributed by atoms with Crippen LogP contribution in [0, 0.1) is 0 Å². The van der Waals surface area contributed by atoms with Crippen LogP contribution in [0.2, 0.25) is 0 Å². The average Bonchev–Trinajstić information content (AvgIpc) is 3.24. The molecule has 1 unspecified atom stereocenters. The van der Waals surface area contributed by atoms with Gasteiger partial charge >= 0.3 is 0 Å². The summed E-state index contributed by atoms with van der Waals surface area (Å²) in [6.45, 7) is 0.375. The Hall–Kier alpha value is -3.19. The Morgan fingerprint density at radius 3 is 2.81 bits per heavy atom. The van der Waals surface area contributed by atoms with E-state index in [9.17, 15) is 9.59 Å². The molecule has 2 heterocycles. The number of rotatable bonds is 4. The number of nitrogens with one attached hydrogen (secondary N) is 1. The first kappa shape index (κ1) is 16.3. The monoisotopic (exact) mass is 364 g/mol. The number of hydrogen-bond acceptors (Lipinski definition) is 5. The van der Waals surface area contributed by atoms with Gasteiger partial charge in [-0.05, 0) is 29.3 Å². The van der Waals surface area contributed by atoms with Gasteiger partial charge in [0.05, 0.1) is 0 Å². The number of anilines is 2. The number of hydrogen-bond donors (Lipinski definition) is 2. The Morgan fingerprint density at radius 1 is 1.23 bits per heavy atom. The van der Waals surface area contributed by atoms with Crippen molar-refractivity contribution in [3.8, 4) is 0 Å². The molecule has 1 aliphatic rings. The predicted molar refractivity (Wildman–Crippen MR) is 101 cm³/mol. The van der Waals surface area contributed by atoms with Crippen LogP contribution in [0.5, 0.6) is 0 Å². The Kier molecular flexibility index (Phi) is 4.14. The highest BCUT2D eigenvalue weighted by Crippen LogP contribution is 2.33. The highest BCUT2D eigenvalue weighted by atomic mass is 32.1. The van der Waals surface area contributed by atoms with Gasteiger partial charge < -0.3 is 10.6 Å². The molecule has 1 atom stereocenters. The number of carbonyl (C=O) groups excluding carboxylic acids is 2. The van der Waals surface area contributed by atoms with E-state index in [0.717, 1.165) is 5.56 Å².